The summed E-state index contributed by atoms with van der Waals surface area (Å²) in [5.41, 5.74) is -0.551. The Hall–Kier alpha value is -0.730. The summed E-state index contributed by atoms with van der Waals surface area (Å²) in [5, 5.41) is 2.75. The number of amides is 1. The Bertz CT molecular complexity index is 558. The Morgan fingerprint density at radius 2 is 2.00 bits per heavy atom. The molecule has 5 rings (SSSR count). The van der Waals surface area contributed by atoms with Gasteiger partial charge >= 0.3 is 0 Å². The van der Waals surface area contributed by atoms with Crippen LogP contribution >= 0.6 is 0 Å². The Morgan fingerprint density at radius 1 is 1.19 bits per heavy atom. The lowest BCUT2D eigenvalue weighted by Crippen LogP contribution is -2.70. The van der Waals surface area contributed by atoms with Crippen LogP contribution in [0.3, 0.4) is 0 Å². The molecule has 7 nitrogen and oxygen atoms in total. The van der Waals surface area contributed by atoms with E-state index in [-0.39, 0.29) is 24.0 Å². The van der Waals surface area contributed by atoms with E-state index in [9.17, 15) is 4.79 Å². The van der Waals surface area contributed by atoms with Crippen LogP contribution in [0.25, 0.3) is 0 Å². The number of fused-ring (bicyclic) bond motifs is 2. The van der Waals surface area contributed by atoms with Crippen molar-refractivity contribution in [2.24, 2.45) is 23.7 Å². The first kappa shape index (κ1) is 18.6. The van der Waals surface area contributed by atoms with Gasteiger partial charge in [0, 0.05) is 31.7 Å². The molecule has 7 heteroatoms. The largest absolute Gasteiger partial charge is 0.354 e. The Balaban J connectivity index is 1.55. The lowest BCUT2D eigenvalue weighted by Gasteiger charge is -2.60. The molecule has 1 N–H and O–H groups in total. The average Bonchev–Trinajstić information content (AvgIpc) is 2.82. The van der Waals surface area contributed by atoms with Gasteiger partial charge in [0.25, 0.3) is 0 Å². The third-order valence-electron chi connectivity index (χ3n) is 6.86. The molecule has 5 aliphatic rings. The fourth-order valence-corrected chi connectivity index (χ4v) is 5.46. The van der Waals surface area contributed by atoms with Crippen LogP contribution in [-0.2, 0) is 28.8 Å². The maximum absolute atomic E-state index is 11.0. The number of rotatable bonds is 4. The maximum atomic E-state index is 11.0. The van der Waals surface area contributed by atoms with Crippen LogP contribution in [0.2, 0.25) is 0 Å². The van der Waals surface area contributed by atoms with E-state index >= 15 is 0 Å². The highest BCUT2D eigenvalue weighted by molar-refractivity contribution is 5.72. The fourth-order valence-electron chi connectivity index (χ4n) is 5.46. The molecule has 0 aromatic heterocycles. The molecule has 4 aliphatic heterocycles. The van der Waals surface area contributed by atoms with Gasteiger partial charge in [-0.05, 0) is 38.0 Å². The highest BCUT2D eigenvalue weighted by atomic mass is 17.3. The molecule has 0 aromatic rings. The van der Waals surface area contributed by atoms with E-state index in [1.165, 1.54) is 13.3 Å². The molecule has 1 saturated carbocycles. The SMILES string of the molecule is CC(=O)NCCOC1O[C@@H]2O[C@]3(C)CCC4[C@H](C)CCC([C@H]1C)[C@]42OO3. The smallest absolute Gasteiger partial charge is 0.216 e. The summed E-state index contributed by atoms with van der Waals surface area (Å²) < 4.78 is 18.6. The molecule has 2 bridgehead atoms. The van der Waals surface area contributed by atoms with Gasteiger partial charge in [0.2, 0.25) is 11.7 Å². The first-order valence-corrected chi connectivity index (χ1v) is 9.92. The first-order chi connectivity index (χ1) is 12.4. The van der Waals surface area contributed by atoms with Crippen LogP contribution in [0.1, 0.15) is 53.4 Å². The normalized spacial score (nSPS) is 50.0. The molecule has 4 saturated heterocycles. The molecular formula is C19H31NO6. The molecule has 8 atom stereocenters. The molecule has 148 valence electrons. The summed E-state index contributed by atoms with van der Waals surface area (Å²) >= 11 is 0. The number of carbonyl (C=O) groups excluding carboxylic acids is 1. The van der Waals surface area contributed by atoms with E-state index in [0.717, 1.165) is 19.3 Å². The Morgan fingerprint density at radius 3 is 2.77 bits per heavy atom. The molecule has 5 fully saturated rings. The van der Waals surface area contributed by atoms with Crippen LogP contribution in [-0.4, -0.2) is 43.0 Å². The molecular weight excluding hydrogens is 338 g/mol. The number of nitrogens with one attached hydrogen (secondary N) is 1. The van der Waals surface area contributed by atoms with E-state index in [1.807, 2.05) is 6.92 Å². The number of hydrogen-bond donors (Lipinski definition) is 1. The second-order valence-corrected chi connectivity index (χ2v) is 8.63. The minimum atomic E-state index is -0.765. The van der Waals surface area contributed by atoms with Crippen molar-refractivity contribution in [1.82, 2.24) is 5.32 Å². The van der Waals surface area contributed by atoms with Crippen molar-refractivity contribution < 1.29 is 28.8 Å². The van der Waals surface area contributed by atoms with Gasteiger partial charge in [-0.2, -0.15) is 0 Å². The Labute approximate surface area is 154 Å². The van der Waals surface area contributed by atoms with E-state index in [4.69, 9.17) is 24.0 Å². The van der Waals surface area contributed by atoms with Gasteiger partial charge in [-0.3, -0.25) is 4.79 Å². The summed E-state index contributed by atoms with van der Waals surface area (Å²) in [7, 11) is 0. The number of ether oxygens (including phenoxy) is 3. The zero-order valence-corrected chi connectivity index (χ0v) is 16.2. The van der Waals surface area contributed by atoms with E-state index in [1.54, 1.807) is 0 Å². The maximum Gasteiger partial charge on any atom is 0.216 e. The van der Waals surface area contributed by atoms with Gasteiger partial charge in [-0.15, -0.1) is 0 Å². The number of hydrogen-bond acceptors (Lipinski definition) is 6. The molecule has 1 spiro atoms. The minimum Gasteiger partial charge on any atom is -0.354 e. The highest BCUT2D eigenvalue weighted by Crippen LogP contribution is 2.60. The van der Waals surface area contributed by atoms with Crippen molar-refractivity contribution in [1.29, 1.82) is 0 Å². The third kappa shape index (κ3) is 2.88. The summed E-state index contributed by atoms with van der Waals surface area (Å²) in [6.07, 6.45) is 3.20. The van der Waals surface area contributed by atoms with Gasteiger partial charge in [-0.1, -0.05) is 13.8 Å². The molecule has 1 aliphatic carbocycles. The molecule has 26 heavy (non-hydrogen) atoms. The molecule has 0 radical (unpaired) electrons. The van der Waals surface area contributed by atoms with Crippen molar-refractivity contribution in [2.45, 2.75) is 77.3 Å². The second-order valence-electron chi connectivity index (χ2n) is 8.63. The molecule has 4 heterocycles. The number of carbonyl (C=O) groups is 1. The third-order valence-corrected chi connectivity index (χ3v) is 6.86. The minimum absolute atomic E-state index is 0.0582. The summed E-state index contributed by atoms with van der Waals surface area (Å²) in [6.45, 7) is 8.77. The van der Waals surface area contributed by atoms with Gasteiger partial charge in [0.15, 0.2) is 18.2 Å². The lowest BCUT2D eigenvalue weighted by molar-refractivity contribution is -0.577. The standard InChI is InChI=1S/C19H31NO6/c1-11-5-6-15-12(2)16(22-10-9-20-13(3)21)23-17-19(15)14(11)7-8-18(4,24-17)25-26-19/h11-12,14-17H,5-10H2,1-4H3,(H,20,21)/t11-,12-,14?,15?,16?,17-,18+,19-/m1/s1. The van der Waals surface area contributed by atoms with Crippen LogP contribution < -0.4 is 5.32 Å². The molecule has 0 aromatic carbocycles. The van der Waals surface area contributed by atoms with E-state index < -0.39 is 17.7 Å². The van der Waals surface area contributed by atoms with Gasteiger partial charge in [0.05, 0.1) is 6.61 Å². The molecule has 1 amide bonds. The van der Waals surface area contributed by atoms with Crippen molar-refractivity contribution in [2.75, 3.05) is 13.2 Å². The quantitative estimate of drug-likeness (QED) is 0.606. The second kappa shape index (κ2) is 6.71. The predicted molar refractivity (Wildman–Crippen MR) is 91.5 cm³/mol. The van der Waals surface area contributed by atoms with Crippen molar-refractivity contribution in [3.63, 3.8) is 0 Å². The van der Waals surface area contributed by atoms with Crippen LogP contribution in [0.15, 0.2) is 0 Å². The average molecular weight is 369 g/mol. The zero-order chi connectivity index (χ0) is 18.5. The lowest BCUT2D eigenvalue weighted by atomic mass is 9.58. The van der Waals surface area contributed by atoms with Crippen molar-refractivity contribution in [3.8, 4) is 0 Å². The summed E-state index contributed by atoms with van der Waals surface area (Å²) in [5.74, 6) is 0.507. The van der Waals surface area contributed by atoms with Gasteiger partial charge < -0.3 is 19.5 Å². The zero-order valence-electron chi connectivity index (χ0n) is 16.2. The van der Waals surface area contributed by atoms with Crippen molar-refractivity contribution in [3.05, 3.63) is 0 Å². The summed E-state index contributed by atoms with van der Waals surface area (Å²) in [4.78, 5) is 22.9. The Kier molecular flexibility index (Phi) is 4.80. The van der Waals surface area contributed by atoms with E-state index in [2.05, 4.69) is 19.2 Å². The first-order valence-electron chi connectivity index (χ1n) is 9.92. The van der Waals surface area contributed by atoms with Gasteiger partial charge in [0.1, 0.15) is 0 Å². The van der Waals surface area contributed by atoms with Crippen LogP contribution in [0.5, 0.6) is 0 Å². The topological polar surface area (TPSA) is 75.3 Å². The van der Waals surface area contributed by atoms with Crippen LogP contribution in [0.4, 0.5) is 0 Å². The monoisotopic (exact) mass is 369 g/mol. The summed E-state index contributed by atoms with van der Waals surface area (Å²) in [6, 6.07) is 0. The highest BCUT2D eigenvalue weighted by Gasteiger charge is 2.69. The van der Waals surface area contributed by atoms with Crippen molar-refractivity contribution >= 4 is 5.91 Å². The molecule has 3 unspecified atom stereocenters. The van der Waals surface area contributed by atoms with E-state index in [0.29, 0.717) is 25.0 Å². The van der Waals surface area contributed by atoms with Gasteiger partial charge in [-0.25, -0.2) is 9.78 Å². The fraction of sp³-hybridized carbons (Fsp3) is 0.947. The van der Waals surface area contributed by atoms with Crippen LogP contribution in [0, 0.1) is 23.7 Å². The predicted octanol–water partition coefficient (Wildman–Crippen LogP) is 2.35.